The van der Waals surface area contributed by atoms with Crippen molar-refractivity contribution in [2.45, 2.75) is 39.4 Å². The van der Waals surface area contributed by atoms with Crippen LogP contribution in [0.2, 0.25) is 0 Å². The molecule has 0 spiro atoms. The summed E-state index contributed by atoms with van der Waals surface area (Å²) in [6.45, 7) is 5.95. The van der Waals surface area contributed by atoms with Crippen LogP contribution < -0.4 is 10.6 Å². The van der Waals surface area contributed by atoms with Crippen LogP contribution in [0.5, 0.6) is 0 Å². The number of esters is 1. The monoisotopic (exact) mass is 278 g/mol. The number of ether oxygens (including phenoxy) is 1. The first-order valence-corrected chi connectivity index (χ1v) is 6.79. The SMILES string of the molecule is CCOC(=O)[C@H](C)N[C@@H](C)C(=O)NCc1ccccc1. The first-order chi connectivity index (χ1) is 9.54. The Labute approximate surface area is 119 Å². The van der Waals surface area contributed by atoms with Gasteiger partial charge in [0.15, 0.2) is 0 Å². The summed E-state index contributed by atoms with van der Waals surface area (Å²) >= 11 is 0. The van der Waals surface area contributed by atoms with Crippen LogP contribution in [0, 0.1) is 0 Å². The number of carbonyl (C=O) groups excluding carboxylic acids is 2. The van der Waals surface area contributed by atoms with E-state index >= 15 is 0 Å². The molecule has 110 valence electrons. The van der Waals surface area contributed by atoms with E-state index in [9.17, 15) is 9.59 Å². The summed E-state index contributed by atoms with van der Waals surface area (Å²) in [6, 6.07) is 8.69. The van der Waals surface area contributed by atoms with Crippen molar-refractivity contribution in [2.75, 3.05) is 6.61 Å². The number of benzene rings is 1. The molecule has 0 aliphatic carbocycles. The van der Waals surface area contributed by atoms with Gasteiger partial charge < -0.3 is 10.1 Å². The van der Waals surface area contributed by atoms with Gasteiger partial charge in [-0.25, -0.2) is 0 Å². The van der Waals surface area contributed by atoms with E-state index in [0.29, 0.717) is 13.2 Å². The molecule has 1 rings (SSSR count). The van der Waals surface area contributed by atoms with Crippen LogP contribution in [0.15, 0.2) is 30.3 Å². The van der Waals surface area contributed by atoms with Crippen LogP contribution in [0.3, 0.4) is 0 Å². The highest BCUT2D eigenvalue weighted by Gasteiger charge is 2.20. The molecule has 0 aromatic heterocycles. The molecule has 1 aromatic rings. The molecule has 2 atom stereocenters. The number of hydrogen-bond acceptors (Lipinski definition) is 4. The summed E-state index contributed by atoms with van der Waals surface area (Å²) in [5.41, 5.74) is 1.03. The second-order valence-corrected chi connectivity index (χ2v) is 4.57. The zero-order chi connectivity index (χ0) is 15.0. The molecule has 0 aliphatic heterocycles. The Kier molecular flexibility index (Phi) is 6.73. The molecule has 2 N–H and O–H groups in total. The second-order valence-electron chi connectivity index (χ2n) is 4.57. The molecule has 0 saturated carbocycles. The van der Waals surface area contributed by atoms with Crippen molar-refractivity contribution in [2.24, 2.45) is 0 Å². The molecule has 0 radical (unpaired) electrons. The van der Waals surface area contributed by atoms with E-state index in [1.54, 1.807) is 20.8 Å². The van der Waals surface area contributed by atoms with E-state index < -0.39 is 12.1 Å². The van der Waals surface area contributed by atoms with Gasteiger partial charge in [0.1, 0.15) is 6.04 Å². The van der Waals surface area contributed by atoms with Gasteiger partial charge in [-0.05, 0) is 26.3 Å². The van der Waals surface area contributed by atoms with Gasteiger partial charge in [0.05, 0.1) is 12.6 Å². The predicted octanol–water partition coefficient (Wildman–Crippen LogP) is 1.23. The lowest BCUT2D eigenvalue weighted by Gasteiger charge is -2.18. The fraction of sp³-hybridized carbons (Fsp3) is 0.467. The van der Waals surface area contributed by atoms with Gasteiger partial charge in [-0.2, -0.15) is 0 Å². The molecule has 5 heteroatoms. The van der Waals surface area contributed by atoms with Crippen molar-refractivity contribution in [3.8, 4) is 0 Å². The highest BCUT2D eigenvalue weighted by molar-refractivity contribution is 5.82. The Balaban J connectivity index is 2.37. The minimum Gasteiger partial charge on any atom is -0.465 e. The van der Waals surface area contributed by atoms with Gasteiger partial charge in [0.2, 0.25) is 5.91 Å². The van der Waals surface area contributed by atoms with E-state index in [2.05, 4.69) is 10.6 Å². The van der Waals surface area contributed by atoms with Crippen LogP contribution in [0.1, 0.15) is 26.3 Å². The highest BCUT2D eigenvalue weighted by atomic mass is 16.5. The summed E-state index contributed by atoms with van der Waals surface area (Å²) in [7, 11) is 0. The van der Waals surface area contributed by atoms with E-state index in [1.165, 1.54) is 0 Å². The van der Waals surface area contributed by atoms with Crippen LogP contribution in [0.25, 0.3) is 0 Å². The third kappa shape index (κ3) is 5.40. The third-order valence-electron chi connectivity index (χ3n) is 2.84. The summed E-state index contributed by atoms with van der Waals surface area (Å²) in [5, 5.41) is 5.74. The van der Waals surface area contributed by atoms with Gasteiger partial charge >= 0.3 is 5.97 Å². The number of hydrogen-bond donors (Lipinski definition) is 2. The predicted molar refractivity (Wildman–Crippen MR) is 77.0 cm³/mol. The third-order valence-corrected chi connectivity index (χ3v) is 2.84. The average Bonchev–Trinajstić information content (AvgIpc) is 2.45. The fourth-order valence-electron chi connectivity index (χ4n) is 1.72. The fourth-order valence-corrected chi connectivity index (χ4v) is 1.72. The molecule has 1 amide bonds. The molecule has 1 aromatic carbocycles. The van der Waals surface area contributed by atoms with Crippen LogP contribution in [-0.2, 0) is 20.9 Å². The zero-order valence-electron chi connectivity index (χ0n) is 12.2. The lowest BCUT2D eigenvalue weighted by molar-refractivity contribution is -0.145. The van der Waals surface area contributed by atoms with Crippen molar-refractivity contribution < 1.29 is 14.3 Å². The molecular formula is C15H22N2O3. The Hall–Kier alpha value is -1.88. The molecule has 0 fully saturated rings. The standard InChI is InChI=1S/C15H22N2O3/c1-4-20-15(19)12(3)17-11(2)14(18)16-10-13-8-6-5-7-9-13/h5-9,11-12,17H,4,10H2,1-3H3,(H,16,18)/t11-,12-/m0/s1. The lowest BCUT2D eigenvalue weighted by atomic mass is 10.2. The molecule has 5 nitrogen and oxygen atoms in total. The zero-order valence-corrected chi connectivity index (χ0v) is 12.2. The average molecular weight is 278 g/mol. The van der Waals surface area contributed by atoms with Gasteiger partial charge in [0.25, 0.3) is 0 Å². The summed E-state index contributed by atoms with van der Waals surface area (Å²) in [4.78, 5) is 23.4. The number of carbonyl (C=O) groups is 2. The molecule has 0 unspecified atom stereocenters. The number of nitrogens with one attached hydrogen (secondary N) is 2. The second kappa shape index (κ2) is 8.32. The summed E-state index contributed by atoms with van der Waals surface area (Å²) in [6.07, 6.45) is 0. The van der Waals surface area contributed by atoms with Gasteiger partial charge in [-0.15, -0.1) is 0 Å². The minimum absolute atomic E-state index is 0.148. The van der Waals surface area contributed by atoms with Gasteiger partial charge in [-0.1, -0.05) is 30.3 Å². The minimum atomic E-state index is -0.507. The number of amides is 1. The van der Waals surface area contributed by atoms with Crippen LogP contribution in [-0.4, -0.2) is 30.6 Å². The van der Waals surface area contributed by atoms with Crippen molar-refractivity contribution in [3.63, 3.8) is 0 Å². The Morgan fingerprint density at radius 1 is 1.15 bits per heavy atom. The van der Waals surface area contributed by atoms with Crippen LogP contribution in [0.4, 0.5) is 0 Å². The molecular weight excluding hydrogens is 256 g/mol. The molecule has 0 aliphatic rings. The first kappa shape index (κ1) is 16.2. The maximum atomic E-state index is 11.9. The van der Waals surface area contributed by atoms with Gasteiger partial charge in [-0.3, -0.25) is 14.9 Å². The topological polar surface area (TPSA) is 67.4 Å². The number of rotatable bonds is 7. The van der Waals surface area contributed by atoms with Crippen molar-refractivity contribution in [1.82, 2.24) is 10.6 Å². The summed E-state index contributed by atoms with van der Waals surface area (Å²) < 4.78 is 4.88. The molecule has 0 bridgehead atoms. The Morgan fingerprint density at radius 2 is 1.80 bits per heavy atom. The maximum absolute atomic E-state index is 11.9. The van der Waals surface area contributed by atoms with Crippen molar-refractivity contribution in [3.05, 3.63) is 35.9 Å². The first-order valence-electron chi connectivity index (χ1n) is 6.79. The van der Waals surface area contributed by atoms with Crippen molar-refractivity contribution in [1.29, 1.82) is 0 Å². The molecule has 20 heavy (non-hydrogen) atoms. The maximum Gasteiger partial charge on any atom is 0.322 e. The van der Waals surface area contributed by atoms with E-state index in [-0.39, 0.29) is 11.9 Å². The quantitative estimate of drug-likeness (QED) is 0.736. The molecule has 0 heterocycles. The van der Waals surface area contributed by atoms with E-state index in [4.69, 9.17) is 4.74 Å². The highest BCUT2D eigenvalue weighted by Crippen LogP contribution is 1.98. The van der Waals surface area contributed by atoms with Crippen LogP contribution >= 0.6 is 0 Å². The Morgan fingerprint density at radius 3 is 2.40 bits per heavy atom. The summed E-state index contributed by atoms with van der Waals surface area (Å²) in [5.74, 6) is -0.500. The van der Waals surface area contributed by atoms with E-state index in [0.717, 1.165) is 5.56 Å². The largest absolute Gasteiger partial charge is 0.465 e. The smallest absolute Gasteiger partial charge is 0.322 e. The normalized spacial score (nSPS) is 13.3. The molecule has 0 saturated heterocycles. The Bertz CT molecular complexity index is 434. The van der Waals surface area contributed by atoms with Crippen molar-refractivity contribution >= 4 is 11.9 Å². The van der Waals surface area contributed by atoms with E-state index in [1.807, 2.05) is 30.3 Å². The van der Waals surface area contributed by atoms with Gasteiger partial charge in [0, 0.05) is 6.54 Å². The lowest BCUT2D eigenvalue weighted by Crippen LogP contribution is -2.48.